The van der Waals surface area contributed by atoms with E-state index >= 15 is 0 Å². The first kappa shape index (κ1) is 18.2. The Hall–Kier alpha value is -2.15. The number of pyridine rings is 1. The Morgan fingerprint density at radius 3 is 2.88 bits per heavy atom. The summed E-state index contributed by atoms with van der Waals surface area (Å²) >= 11 is 1.23. The Bertz CT molecular complexity index is 801. The van der Waals surface area contributed by atoms with E-state index < -0.39 is 0 Å². The van der Waals surface area contributed by atoms with Crippen molar-refractivity contribution in [3.63, 3.8) is 0 Å². The number of rotatable bonds is 7. The lowest BCUT2D eigenvalue weighted by Gasteiger charge is -2.17. The minimum absolute atomic E-state index is 0.0817. The van der Waals surface area contributed by atoms with Crippen molar-refractivity contribution in [1.82, 2.24) is 19.9 Å². The van der Waals surface area contributed by atoms with Crippen molar-refractivity contribution in [3.05, 3.63) is 41.3 Å². The van der Waals surface area contributed by atoms with Gasteiger partial charge in [0, 0.05) is 18.8 Å². The SMILES string of the molecule is C=CCn1c(SCC(=O)N[C@H](C)C(C)C)nc2ncccc2c1=O. The zero-order valence-corrected chi connectivity index (χ0v) is 15.0. The van der Waals surface area contributed by atoms with Gasteiger partial charge in [0.1, 0.15) is 0 Å². The molecule has 24 heavy (non-hydrogen) atoms. The van der Waals surface area contributed by atoms with Gasteiger partial charge in [-0.1, -0.05) is 31.7 Å². The van der Waals surface area contributed by atoms with Crippen molar-refractivity contribution < 1.29 is 4.79 Å². The highest BCUT2D eigenvalue weighted by Gasteiger charge is 2.15. The van der Waals surface area contributed by atoms with Gasteiger partial charge in [0.2, 0.25) is 5.91 Å². The van der Waals surface area contributed by atoms with E-state index in [1.807, 2.05) is 6.92 Å². The number of hydrogen-bond acceptors (Lipinski definition) is 5. The van der Waals surface area contributed by atoms with E-state index in [0.717, 1.165) is 0 Å². The van der Waals surface area contributed by atoms with Crippen molar-refractivity contribution >= 4 is 28.7 Å². The van der Waals surface area contributed by atoms with Crippen LogP contribution in [-0.2, 0) is 11.3 Å². The molecule has 2 heterocycles. The number of allylic oxidation sites excluding steroid dienone is 1. The number of carbonyl (C=O) groups is 1. The van der Waals surface area contributed by atoms with Gasteiger partial charge < -0.3 is 5.32 Å². The normalized spacial score (nSPS) is 12.3. The highest BCUT2D eigenvalue weighted by atomic mass is 32.2. The van der Waals surface area contributed by atoms with Crippen LogP contribution in [0.25, 0.3) is 11.0 Å². The molecule has 1 atom stereocenters. The first-order valence-corrected chi connectivity index (χ1v) is 8.81. The van der Waals surface area contributed by atoms with Crippen molar-refractivity contribution in [2.24, 2.45) is 5.92 Å². The minimum Gasteiger partial charge on any atom is -0.353 e. The van der Waals surface area contributed by atoms with Crippen LogP contribution in [0.15, 0.2) is 40.9 Å². The second-order valence-corrected chi connectivity index (χ2v) is 6.80. The zero-order valence-electron chi connectivity index (χ0n) is 14.2. The number of hydrogen-bond donors (Lipinski definition) is 1. The van der Waals surface area contributed by atoms with Crippen LogP contribution in [0.2, 0.25) is 0 Å². The molecule has 2 aromatic heterocycles. The summed E-state index contributed by atoms with van der Waals surface area (Å²) in [6.45, 7) is 10.1. The minimum atomic E-state index is -0.175. The third-order valence-corrected chi connectivity index (χ3v) is 4.70. The summed E-state index contributed by atoms with van der Waals surface area (Å²) in [6.07, 6.45) is 3.23. The largest absolute Gasteiger partial charge is 0.353 e. The fourth-order valence-corrected chi connectivity index (χ4v) is 2.84. The highest BCUT2D eigenvalue weighted by Crippen LogP contribution is 2.17. The number of nitrogens with zero attached hydrogens (tertiary/aromatic N) is 3. The van der Waals surface area contributed by atoms with Gasteiger partial charge >= 0.3 is 0 Å². The average Bonchev–Trinajstić information content (AvgIpc) is 2.56. The van der Waals surface area contributed by atoms with Gasteiger partial charge in [0.15, 0.2) is 10.8 Å². The number of carbonyl (C=O) groups excluding carboxylic acids is 1. The maximum Gasteiger partial charge on any atom is 0.263 e. The fourth-order valence-electron chi connectivity index (χ4n) is 2.03. The molecule has 0 fully saturated rings. The Morgan fingerprint density at radius 1 is 1.46 bits per heavy atom. The molecule has 0 saturated heterocycles. The molecule has 1 amide bonds. The number of thioether (sulfide) groups is 1. The third kappa shape index (κ3) is 4.23. The monoisotopic (exact) mass is 346 g/mol. The molecule has 0 unspecified atom stereocenters. The third-order valence-electron chi connectivity index (χ3n) is 3.73. The van der Waals surface area contributed by atoms with Gasteiger partial charge in [-0.15, -0.1) is 6.58 Å². The van der Waals surface area contributed by atoms with Crippen LogP contribution >= 0.6 is 11.8 Å². The second kappa shape index (κ2) is 8.10. The lowest BCUT2D eigenvalue weighted by atomic mass is 10.1. The van der Waals surface area contributed by atoms with Crippen LogP contribution in [0.4, 0.5) is 0 Å². The summed E-state index contributed by atoms with van der Waals surface area (Å²) < 4.78 is 1.51. The molecule has 1 N–H and O–H groups in total. The van der Waals surface area contributed by atoms with Crippen LogP contribution in [0.3, 0.4) is 0 Å². The maximum atomic E-state index is 12.6. The molecule has 0 saturated carbocycles. The molecular formula is C17H22N4O2S. The van der Waals surface area contributed by atoms with Gasteiger partial charge in [0.25, 0.3) is 5.56 Å². The van der Waals surface area contributed by atoms with E-state index in [4.69, 9.17) is 0 Å². The fraction of sp³-hybridized carbons (Fsp3) is 0.412. The highest BCUT2D eigenvalue weighted by molar-refractivity contribution is 7.99. The standard InChI is InChI=1S/C17H22N4O2S/c1-5-9-21-16(23)13-7-6-8-18-15(13)20-17(21)24-10-14(22)19-12(4)11(2)3/h5-8,11-12H,1,9-10H2,2-4H3,(H,19,22)/t12-/m1/s1. The molecule has 6 nitrogen and oxygen atoms in total. The van der Waals surface area contributed by atoms with E-state index in [1.54, 1.807) is 24.4 Å². The topological polar surface area (TPSA) is 76.9 Å². The Balaban J connectivity index is 2.24. The predicted octanol–water partition coefficient (Wildman–Crippen LogP) is 2.23. The molecule has 0 radical (unpaired) electrons. The van der Waals surface area contributed by atoms with Crippen molar-refractivity contribution in [2.75, 3.05) is 5.75 Å². The molecule has 128 valence electrons. The molecule has 7 heteroatoms. The van der Waals surface area contributed by atoms with Crippen LogP contribution in [0, 0.1) is 5.92 Å². The molecule has 0 bridgehead atoms. The van der Waals surface area contributed by atoms with Crippen molar-refractivity contribution in [2.45, 2.75) is 38.5 Å². The van der Waals surface area contributed by atoms with Crippen LogP contribution in [0.5, 0.6) is 0 Å². The van der Waals surface area contributed by atoms with Crippen molar-refractivity contribution in [1.29, 1.82) is 0 Å². The lowest BCUT2D eigenvalue weighted by Crippen LogP contribution is -2.37. The Labute approximate surface area is 145 Å². The summed E-state index contributed by atoms with van der Waals surface area (Å²) in [5.74, 6) is 0.474. The Morgan fingerprint density at radius 2 is 2.21 bits per heavy atom. The number of nitrogens with one attached hydrogen (secondary N) is 1. The molecule has 2 rings (SSSR count). The Kier molecular flexibility index (Phi) is 6.14. The van der Waals surface area contributed by atoms with Gasteiger partial charge in [-0.2, -0.15) is 0 Å². The zero-order chi connectivity index (χ0) is 17.7. The summed E-state index contributed by atoms with van der Waals surface area (Å²) in [5, 5.41) is 3.87. The summed E-state index contributed by atoms with van der Waals surface area (Å²) in [4.78, 5) is 33.2. The summed E-state index contributed by atoms with van der Waals surface area (Å²) in [5.41, 5.74) is 0.215. The van der Waals surface area contributed by atoms with E-state index in [-0.39, 0.29) is 23.3 Å². The van der Waals surface area contributed by atoms with E-state index in [0.29, 0.717) is 28.7 Å². The number of aromatic nitrogens is 3. The molecular weight excluding hydrogens is 324 g/mol. The predicted molar refractivity (Wildman–Crippen MR) is 97.2 cm³/mol. The molecule has 0 aliphatic carbocycles. The summed E-state index contributed by atoms with van der Waals surface area (Å²) in [6, 6.07) is 3.50. The smallest absolute Gasteiger partial charge is 0.263 e. The number of amides is 1. The summed E-state index contributed by atoms with van der Waals surface area (Å²) in [7, 11) is 0. The van der Waals surface area contributed by atoms with E-state index in [1.165, 1.54) is 16.3 Å². The molecule has 0 aliphatic rings. The first-order valence-electron chi connectivity index (χ1n) is 7.82. The molecule has 0 aromatic carbocycles. The quantitative estimate of drug-likeness (QED) is 0.473. The lowest BCUT2D eigenvalue weighted by molar-refractivity contribution is -0.119. The first-order chi connectivity index (χ1) is 11.4. The van der Waals surface area contributed by atoms with Crippen LogP contribution in [0.1, 0.15) is 20.8 Å². The number of fused-ring (bicyclic) bond motifs is 1. The molecule has 2 aromatic rings. The molecule has 0 spiro atoms. The van der Waals surface area contributed by atoms with Gasteiger partial charge in [-0.05, 0) is 25.0 Å². The average molecular weight is 346 g/mol. The van der Waals surface area contributed by atoms with Gasteiger partial charge in [-0.25, -0.2) is 9.97 Å². The van der Waals surface area contributed by atoms with Gasteiger partial charge in [-0.3, -0.25) is 14.2 Å². The van der Waals surface area contributed by atoms with E-state index in [9.17, 15) is 9.59 Å². The van der Waals surface area contributed by atoms with Crippen molar-refractivity contribution in [3.8, 4) is 0 Å². The second-order valence-electron chi connectivity index (χ2n) is 5.86. The van der Waals surface area contributed by atoms with Crippen LogP contribution < -0.4 is 10.9 Å². The molecule has 0 aliphatic heterocycles. The maximum absolute atomic E-state index is 12.6. The van der Waals surface area contributed by atoms with Gasteiger partial charge in [0.05, 0.1) is 11.1 Å². The van der Waals surface area contributed by atoms with Crippen LogP contribution in [-0.4, -0.2) is 32.2 Å². The van der Waals surface area contributed by atoms with E-state index in [2.05, 4.69) is 35.7 Å².